The normalized spacial score (nSPS) is 13.6. The maximum Gasteiger partial charge on any atom is 0.252 e. The zero-order valence-corrected chi connectivity index (χ0v) is 69.3. The molecule has 111 heavy (non-hydrogen) atoms. The Labute approximate surface area is 660 Å². The number of aromatic nitrogens is 2. The topological polar surface area (TPSA) is 16.3 Å². The Balaban J connectivity index is 1.07. The van der Waals surface area contributed by atoms with Gasteiger partial charge in [0.1, 0.15) is 0 Å². The quantitative estimate of drug-likeness (QED) is 0.141. The molecule has 554 valence electrons. The number of nitrogens with zero attached hydrogens (tertiary/aromatic N) is 4. The summed E-state index contributed by atoms with van der Waals surface area (Å²) in [4.78, 5) is 5.52. The van der Waals surface area contributed by atoms with E-state index < -0.39 is 0 Å². The van der Waals surface area contributed by atoms with Crippen LogP contribution >= 0.6 is 0 Å². The minimum absolute atomic E-state index is 0.0608. The van der Waals surface area contributed by atoms with Crippen LogP contribution in [-0.4, -0.2) is 15.8 Å². The van der Waals surface area contributed by atoms with E-state index in [-0.39, 0.29) is 44.6 Å². The van der Waals surface area contributed by atoms with Gasteiger partial charge in [0.2, 0.25) is 0 Å². The van der Waals surface area contributed by atoms with Gasteiger partial charge in [0.15, 0.2) is 0 Å². The maximum absolute atomic E-state index is 2.76. The van der Waals surface area contributed by atoms with Crippen molar-refractivity contribution in [2.75, 3.05) is 9.80 Å². The Kier molecular flexibility index (Phi) is 17.0. The molecule has 13 aromatic carbocycles. The van der Waals surface area contributed by atoms with E-state index in [0.29, 0.717) is 0 Å². The van der Waals surface area contributed by atoms with Crippen LogP contribution in [0.2, 0.25) is 0 Å². The lowest BCUT2D eigenvalue weighted by Gasteiger charge is -2.47. The Hall–Kier alpha value is -10.9. The zero-order chi connectivity index (χ0) is 78.1. The van der Waals surface area contributed by atoms with Crippen molar-refractivity contribution in [3.05, 3.63) is 306 Å². The van der Waals surface area contributed by atoms with Gasteiger partial charge >= 0.3 is 0 Å². The predicted octanol–water partition coefficient (Wildman–Crippen LogP) is 27.7. The van der Waals surface area contributed by atoms with E-state index in [1.54, 1.807) is 0 Å². The van der Waals surface area contributed by atoms with Crippen molar-refractivity contribution < 1.29 is 0 Å². The molecule has 0 radical (unpaired) electrons. The monoisotopic (exact) mass is 1450 g/mol. The molecule has 0 aliphatic carbocycles. The highest BCUT2D eigenvalue weighted by Gasteiger charge is 2.47. The highest BCUT2D eigenvalue weighted by Crippen LogP contribution is 2.56. The number of anilines is 6. The van der Waals surface area contributed by atoms with Gasteiger partial charge in [0.05, 0.1) is 33.4 Å². The fraction of sp³-hybridized carbons (Fsp3) is 0.264. The standard InChI is InChI=1S/C106H107BN4/c1-100(2,3)70-42-50-89-83(54-70)84-55-71(101(4,5)6)43-51-90(84)108(89)77-46-48-87-93(64-77)110(98-79(66-34-26-22-27-35-66)58-74(104(13,14)15)59-80(98)67-36-28-23-29-37-67)95-62-76(106(19,20)21)63-96-97(95)107(87)88-49-47-78(109-91-52-44-72(102(7,8)9)56-85(91)86-57-73(103(10,11)12)45-53-92(86)109)65-94(88)111(96)99-81(68-38-30-24-31-39-68)60-75(105(16,17)18)61-82(99)69-40-32-25-33-41-69/h22-65H,1-21H3. The third-order valence-electron chi connectivity index (χ3n) is 24.2. The van der Waals surface area contributed by atoms with Crippen molar-refractivity contribution >= 4 is 101 Å². The van der Waals surface area contributed by atoms with E-state index >= 15 is 0 Å². The van der Waals surface area contributed by atoms with Gasteiger partial charge in [-0.05, 0) is 225 Å². The number of fused-ring (bicyclic) bond motifs is 10. The van der Waals surface area contributed by atoms with Crippen LogP contribution in [0.25, 0.3) is 99.5 Å². The van der Waals surface area contributed by atoms with Crippen LogP contribution < -0.4 is 26.2 Å². The van der Waals surface area contributed by atoms with E-state index in [9.17, 15) is 0 Å². The molecule has 4 nitrogen and oxygen atoms in total. The summed E-state index contributed by atoms with van der Waals surface area (Å²) in [5, 5.41) is 5.07. The first kappa shape index (κ1) is 73.0. The zero-order valence-electron chi connectivity index (χ0n) is 69.3. The molecule has 0 unspecified atom stereocenters. The van der Waals surface area contributed by atoms with Crippen molar-refractivity contribution in [2.45, 2.75) is 183 Å². The minimum atomic E-state index is -0.342. The summed E-state index contributed by atoms with van der Waals surface area (Å²) in [6.45, 7) is 49.3. The first-order valence-corrected chi connectivity index (χ1v) is 40.3. The molecule has 0 atom stereocenters. The van der Waals surface area contributed by atoms with Crippen LogP contribution in [0, 0.1) is 0 Å². The molecule has 15 aromatic rings. The van der Waals surface area contributed by atoms with Crippen LogP contribution in [0.15, 0.2) is 267 Å². The minimum Gasteiger partial charge on any atom is -0.310 e. The summed E-state index contributed by atoms with van der Waals surface area (Å²) in [6.07, 6.45) is 0. The lowest BCUT2D eigenvalue weighted by molar-refractivity contribution is 0.590. The maximum atomic E-state index is 2.76. The average molecular weight is 1450 g/mol. The first-order chi connectivity index (χ1) is 52.5. The molecule has 0 spiro atoms. The van der Waals surface area contributed by atoms with Crippen molar-refractivity contribution in [1.29, 1.82) is 0 Å². The van der Waals surface area contributed by atoms with E-state index in [4.69, 9.17) is 0 Å². The second-order valence-electron chi connectivity index (χ2n) is 39.2. The van der Waals surface area contributed by atoms with E-state index in [1.165, 1.54) is 121 Å². The molecule has 0 fully saturated rings. The van der Waals surface area contributed by atoms with Crippen molar-refractivity contribution in [3.8, 4) is 55.9 Å². The Morgan fingerprint density at radius 2 is 0.459 bits per heavy atom. The molecule has 2 aliphatic heterocycles. The lowest BCUT2D eigenvalue weighted by atomic mass is 9.33. The third kappa shape index (κ3) is 12.5. The van der Waals surface area contributed by atoms with Gasteiger partial charge < -0.3 is 18.9 Å². The summed E-state index contributed by atoms with van der Waals surface area (Å²) in [7, 11) is 0. The number of rotatable bonds is 8. The Morgan fingerprint density at radius 1 is 0.216 bits per heavy atom. The molecule has 4 heterocycles. The summed E-state index contributed by atoms with van der Waals surface area (Å²) in [5.41, 5.74) is 35.1. The predicted molar refractivity (Wildman–Crippen MR) is 482 cm³/mol. The number of hydrogen-bond acceptors (Lipinski definition) is 2. The van der Waals surface area contributed by atoms with Crippen molar-refractivity contribution in [2.24, 2.45) is 0 Å². The molecule has 0 N–H and O–H groups in total. The molecular formula is C106H107BN4. The van der Waals surface area contributed by atoms with Crippen LogP contribution in [0.5, 0.6) is 0 Å². The van der Waals surface area contributed by atoms with E-state index in [1.807, 2.05) is 0 Å². The second-order valence-corrected chi connectivity index (χ2v) is 39.2. The third-order valence-corrected chi connectivity index (χ3v) is 24.2. The Bertz CT molecular complexity index is 5580. The molecule has 17 rings (SSSR count). The number of benzene rings is 13. The molecule has 0 bridgehead atoms. The fourth-order valence-electron chi connectivity index (χ4n) is 17.6. The van der Waals surface area contributed by atoms with Crippen molar-refractivity contribution in [1.82, 2.24) is 9.13 Å². The molecule has 5 heteroatoms. The van der Waals surface area contributed by atoms with E-state index in [0.717, 1.165) is 67.8 Å². The molecule has 0 saturated carbocycles. The van der Waals surface area contributed by atoms with Gasteiger partial charge in [0, 0.05) is 77.9 Å². The molecular weight excluding hydrogens is 1340 g/mol. The summed E-state index contributed by atoms with van der Waals surface area (Å²) >= 11 is 0. The van der Waals surface area contributed by atoms with Gasteiger partial charge in [-0.2, -0.15) is 0 Å². The highest BCUT2D eigenvalue weighted by molar-refractivity contribution is 7.00. The van der Waals surface area contributed by atoms with E-state index in [2.05, 4.69) is 431 Å². The second kappa shape index (κ2) is 25.9. The highest BCUT2D eigenvalue weighted by atomic mass is 15.2. The molecule has 2 aliphatic rings. The number of hydrogen-bond donors (Lipinski definition) is 0. The summed E-state index contributed by atoms with van der Waals surface area (Å²) in [5.74, 6) is 0. The van der Waals surface area contributed by atoms with Crippen LogP contribution in [0.3, 0.4) is 0 Å². The largest absolute Gasteiger partial charge is 0.310 e. The van der Waals surface area contributed by atoms with Crippen molar-refractivity contribution in [3.63, 3.8) is 0 Å². The van der Waals surface area contributed by atoms with Gasteiger partial charge in [0.25, 0.3) is 6.71 Å². The van der Waals surface area contributed by atoms with Gasteiger partial charge in [-0.25, -0.2) is 0 Å². The van der Waals surface area contributed by atoms with Gasteiger partial charge in [-0.15, -0.1) is 0 Å². The first-order valence-electron chi connectivity index (χ1n) is 40.3. The molecule has 2 aromatic heterocycles. The molecule has 0 saturated heterocycles. The smallest absolute Gasteiger partial charge is 0.252 e. The SMILES string of the molecule is CC(C)(C)c1cc(-c2ccccc2)c(N2c3cc(-n4c5ccc(C(C)(C)C)cc5c5cc(C(C)(C)C)ccc54)ccc3B3c4ccc(-n5c6ccc(C(C)(C)C)cc6c6cc(C(C)(C)C)ccc65)cc4N(c4c(-c5ccccc5)cc(C(C)(C)C)cc4-c4ccccc4)c4cc(C(C)(C)C)cc2c43)c(-c2ccccc2)c1. The molecule has 0 amide bonds. The Morgan fingerprint density at radius 3 is 0.703 bits per heavy atom. The van der Waals surface area contributed by atoms with Gasteiger partial charge in [-0.1, -0.05) is 303 Å². The lowest BCUT2D eigenvalue weighted by Crippen LogP contribution is -2.61. The van der Waals surface area contributed by atoms with Crippen LogP contribution in [0.1, 0.15) is 184 Å². The summed E-state index contributed by atoms with van der Waals surface area (Å²) in [6, 6.07) is 105. The summed E-state index contributed by atoms with van der Waals surface area (Å²) < 4.78 is 5.16. The average Bonchev–Trinajstić information content (AvgIpc) is 1.04. The van der Waals surface area contributed by atoms with Gasteiger partial charge in [-0.3, -0.25) is 0 Å². The van der Waals surface area contributed by atoms with Crippen LogP contribution in [-0.2, 0) is 37.9 Å². The van der Waals surface area contributed by atoms with Crippen LogP contribution in [0.4, 0.5) is 34.1 Å². The fourth-order valence-corrected chi connectivity index (χ4v) is 17.6.